The fourth-order valence-electron chi connectivity index (χ4n) is 2.73. The van der Waals surface area contributed by atoms with Crippen molar-refractivity contribution >= 4 is 11.8 Å². The molecule has 0 aromatic carbocycles. The van der Waals surface area contributed by atoms with Crippen molar-refractivity contribution in [1.82, 2.24) is 9.88 Å². The highest BCUT2D eigenvalue weighted by molar-refractivity contribution is 6.15. The van der Waals surface area contributed by atoms with E-state index in [1.165, 1.54) is 0 Å². The summed E-state index contributed by atoms with van der Waals surface area (Å²) in [6.07, 6.45) is -0.477. The number of carbonyl (C=O) groups is 2. The van der Waals surface area contributed by atoms with Crippen LogP contribution >= 0.6 is 0 Å². The Hall–Kier alpha value is -2.42. The fourth-order valence-corrected chi connectivity index (χ4v) is 2.73. The summed E-state index contributed by atoms with van der Waals surface area (Å²) in [7, 11) is 0. The standard InChI is InChI=1S/C16H15F3N2O4/c17-16(18,19)11-1-4-20-8-13(11)25-12-7-14(22)21(15(12)23)9-10-2-5-24-6-3-10/h1,4,7-8,10H,2-3,5-6,9H2. The molecule has 0 spiro atoms. The molecule has 1 aromatic heterocycles. The highest BCUT2D eigenvalue weighted by Crippen LogP contribution is 2.36. The second kappa shape index (κ2) is 6.83. The van der Waals surface area contributed by atoms with Crippen molar-refractivity contribution in [1.29, 1.82) is 0 Å². The van der Waals surface area contributed by atoms with Gasteiger partial charge in [-0.25, -0.2) is 0 Å². The molecule has 1 fully saturated rings. The van der Waals surface area contributed by atoms with Crippen molar-refractivity contribution in [2.45, 2.75) is 19.0 Å². The molecule has 0 bridgehead atoms. The highest BCUT2D eigenvalue weighted by Gasteiger charge is 2.38. The normalized spacial score (nSPS) is 19.3. The Morgan fingerprint density at radius 1 is 1.28 bits per heavy atom. The lowest BCUT2D eigenvalue weighted by Crippen LogP contribution is -2.37. The van der Waals surface area contributed by atoms with Gasteiger partial charge < -0.3 is 9.47 Å². The van der Waals surface area contributed by atoms with Crippen molar-refractivity contribution < 1.29 is 32.2 Å². The lowest BCUT2D eigenvalue weighted by Gasteiger charge is -2.26. The van der Waals surface area contributed by atoms with Gasteiger partial charge in [0.2, 0.25) is 0 Å². The number of nitrogens with zero attached hydrogens (tertiary/aromatic N) is 2. The van der Waals surface area contributed by atoms with Crippen LogP contribution in [-0.2, 0) is 20.5 Å². The van der Waals surface area contributed by atoms with Gasteiger partial charge in [0.1, 0.15) is 5.56 Å². The number of hydrogen-bond acceptors (Lipinski definition) is 5. The third-order valence-electron chi connectivity index (χ3n) is 4.07. The lowest BCUT2D eigenvalue weighted by atomic mass is 10.00. The number of alkyl halides is 3. The number of halogens is 3. The van der Waals surface area contributed by atoms with Crippen molar-refractivity contribution in [2.75, 3.05) is 19.8 Å². The summed E-state index contributed by atoms with van der Waals surface area (Å²) in [5, 5.41) is 0. The predicted octanol–water partition coefficient (Wildman–Crippen LogP) is 2.16. The molecule has 2 amide bonds. The minimum absolute atomic E-state index is 0.110. The third kappa shape index (κ3) is 3.81. The van der Waals surface area contributed by atoms with Gasteiger partial charge in [-0.1, -0.05) is 0 Å². The summed E-state index contributed by atoms with van der Waals surface area (Å²) in [5.41, 5.74) is -1.06. The summed E-state index contributed by atoms with van der Waals surface area (Å²) in [6.45, 7) is 1.31. The first kappa shape index (κ1) is 17.4. The van der Waals surface area contributed by atoms with Crippen molar-refractivity contribution in [2.24, 2.45) is 5.92 Å². The van der Waals surface area contributed by atoms with E-state index in [2.05, 4.69) is 4.98 Å². The lowest BCUT2D eigenvalue weighted by molar-refractivity contribution is -0.141. The zero-order chi connectivity index (χ0) is 18.0. The summed E-state index contributed by atoms with van der Waals surface area (Å²) >= 11 is 0. The summed E-state index contributed by atoms with van der Waals surface area (Å²) in [4.78, 5) is 28.9. The van der Waals surface area contributed by atoms with Gasteiger partial charge in [0, 0.05) is 26.0 Å². The van der Waals surface area contributed by atoms with Crippen LogP contribution in [-0.4, -0.2) is 41.5 Å². The van der Waals surface area contributed by atoms with Crippen LogP contribution in [0.1, 0.15) is 18.4 Å². The zero-order valence-corrected chi connectivity index (χ0v) is 13.1. The average molecular weight is 356 g/mol. The smallest absolute Gasteiger partial charge is 0.420 e. The predicted molar refractivity (Wildman–Crippen MR) is 78.2 cm³/mol. The SMILES string of the molecule is O=C1C=C(Oc2cnccc2C(F)(F)F)C(=O)N1CC1CCOCC1. The molecule has 0 N–H and O–H groups in total. The average Bonchev–Trinajstić information content (AvgIpc) is 2.83. The number of carbonyl (C=O) groups excluding carboxylic acids is 2. The second-order valence-corrected chi connectivity index (χ2v) is 5.79. The van der Waals surface area contributed by atoms with E-state index in [9.17, 15) is 22.8 Å². The number of ether oxygens (including phenoxy) is 2. The largest absolute Gasteiger partial charge is 0.449 e. The number of hydrogen-bond donors (Lipinski definition) is 0. The molecule has 3 heterocycles. The van der Waals surface area contributed by atoms with Gasteiger partial charge in [-0.2, -0.15) is 13.2 Å². The molecule has 2 aliphatic rings. The topological polar surface area (TPSA) is 68.7 Å². The van der Waals surface area contributed by atoms with Crippen LogP contribution in [0.5, 0.6) is 5.75 Å². The fraction of sp³-hybridized carbons (Fsp3) is 0.438. The highest BCUT2D eigenvalue weighted by atomic mass is 19.4. The van der Waals surface area contributed by atoms with Crippen LogP contribution in [0.2, 0.25) is 0 Å². The van der Waals surface area contributed by atoms with Gasteiger partial charge in [0.05, 0.1) is 12.3 Å². The van der Waals surface area contributed by atoms with Crippen LogP contribution in [0, 0.1) is 5.92 Å². The van der Waals surface area contributed by atoms with Crippen molar-refractivity contribution in [3.05, 3.63) is 35.9 Å². The molecule has 9 heteroatoms. The van der Waals surface area contributed by atoms with Gasteiger partial charge in [0.15, 0.2) is 11.5 Å². The molecule has 3 rings (SSSR count). The molecule has 0 atom stereocenters. The molecule has 0 saturated carbocycles. The molecule has 6 nitrogen and oxygen atoms in total. The monoisotopic (exact) mass is 356 g/mol. The minimum atomic E-state index is -4.66. The van der Waals surface area contributed by atoms with E-state index >= 15 is 0 Å². The molecule has 2 aliphatic heterocycles. The second-order valence-electron chi connectivity index (χ2n) is 5.79. The van der Waals surface area contributed by atoms with E-state index in [0.29, 0.717) is 26.1 Å². The van der Waals surface area contributed by atoms with Gasteiger partial charge in [-0.05, 0) is 24.8 Å². The van der Waals surface area contributed by atoms with Gasteiger partial charge >= 0.3 is 6.18 Å². The molecular weight excluding hydrogens is 341 g/mol. The van der Waals surface area contributed by atoms with E-state index in [1.54, 1.807) is 0 Å². The Labute approximate surface area is 141 Å². The van der Waals surface area contributed by atoms with Crippen molar-refractivity contribution in [3.8, 4) is 5.75 Å². The molecular formula is C16H15F3N2O4. The minimum Gasteiger partial charge on any atom is -0.449 e. The summed E-state index contributed by atoms with van der Waals surface area (Å²) < 4.78 is 49.2. The first-order valence-corrected chi connectivity index (χ1v) is 7.70. The quantitative estimate of drug-likeness (QED) is 0.774. The van der Waals surface area contributed by atoms with Crippen LogP contribution in [0.25, 0.3) is 0 Å². The first-order chi connectivity index (χ1) is 11.9. The zero-order valence-electron chi connectivity index (χ0n) is 13.1. The first-order valence-electron chi connectivity index (χ1n) is 7.70. The molecule has 0 unspecified atom stereocenters. The van der Waals surface area contributed by atoms with Crippen LogP contribution in [0.3, 0.4) is 0 Å². The third-order valence-corrected chi connectivity index (χ3v) is 4.07. The molecule has 25 heavy (non-hydrogen) atoms. The van der Waals surface area contributed by atoms with Crippen LogP contribution in [0.15, 0.2) is 30.3 Å². The molecule has 0 radical (unpaired) electrons. The number of pyridine rings is 1. The van der Waals surface area contributed by atoms with Gasteiger partial charge in [-0.15, -0.1) is 0 Å². The van der Waals surface area contributed by atoms with E-state index in [0.717, 1.165) is 29.4 Å². The molecule has 1 aromatic rings. The van der Waals surface area contributed by atoms with Crippen LogP contribution < -0.4 is 4.74 Å². The molecule has 1 saturated heterocycles. The maximum atomic E-state index is 13.0. The Balaban J connectivity index is 1.73. The number of imide groups is 1. The van der Waals surface area contributed by atoms with E-state index in [-0.39, 0.29) is 12.5 Å². The van der Waals surface area contributed by atoms with E-state index in [1.807, 2.05) is 0 Å². The maximum Gasteiger partial charge on any atom is 0.420 e. The number of rotatable bonds is 4. The Morgan fingerprint density at radius 2 is 2.00 bits per heavy atom. The Kier molecular flexibility index (Phi) is 4.76. The molecule has 134 valence electrons. The number of amides is 2. The maximum absolute atomic E-state index is 13.0. The van der Waals surface area contributed by atoms with Crippen LogP contribution in [0.4, 0.5) is 13.2 Å². The summed E-state index contributed by atoms with van der Waals surface area (Å²) in [5.74, 6) is -2.28. The van der Waals surface area contributed by atoms with E-state index < -0.39 is 35.1 Å². The summed E-state index contributed by atoms with van der Waals surface area (Å²) in [6, 6.07) is 0.747. The van der Waals surface area contributed by atoms with Gasteiger partial charge in [0.25, 0.3) is 11.8 Å². The number of aromatic nitrogens is 1. The van der Waals surface area contributed by atoms with E-state index in [4.69, 9.17) is 9.47 Å². The molecule has 0 aliphatic carbocycles. The Morgan fingerprint density at radius 3 is 2.68 bits per heavy atom. The Bertz CT molecular complexity index is 712. The van der Waals surface area contributed by atoms with Crippen molar-refractivity contribution in [3.63, 3.8) is 0 Å². The van der Waals surface area contributed by atoms with Gasteiger partial charge in [-0.3, -0.25) is 19.5 Å².